The Morgan fingerprint density at radius 3 is 2.34 bits per heavy atom. The zero-order valence-electron chi connectivity index (χ0n) is 21.4. The number of amides is 3. The third-order valence-electron chi connectivity index (χ3n) is 6.35. The second-order valence-corrected chi connectivity index (χ2v) is 9.35. The first-order valence-electron chi connectivity index (χ1n) is 12.8. The first-order valence-corrected chi connectivity index (χ1v) is 12.8. The van der Waals surface area contributed by atoms with Crippen LogP contribution in [0.3, 0.4) is 0 Å². The molecule has 4 rings (SSSR count). The van der Waals surface area contributed by atoms with Crippen molar-refractivity contribution in [2.24, 2.45) is 5.10 Å². The molecule has 3 N–H and O–H groups in total. The zero-order valence-corrected chi connectivity index (χ0v) is 21.4. The summed E-state index contributed by atoms with van der Waals surface area (Å²) in [5.74, 6) is -1.42. The summed E-state index contributed by atoms with van der Waals surface area (Å²) in [5.41, 5.74) is 5.80. The van der Waals surface area contributed by atoms with Crippen LogP contribution >= 0.6 is 0 Å². The number of ether oxygens (including phenoxy) is 1. The molecule has 38 heavy (non-hydrogen) atoms. The van der Waals surface area contributed by atoms with Crippen molar-refractivity contribution in [3.05, 3.63) is 95.1 Å². The van der Waals surface area contributed by atoms with Gasteiger partial charge in [0.05, 0.1) is 17.5 Å². The van der Waals surface area contributed by atoms with E-state index in [4.69, 9.17) is 4.74 Å². The maximum atomic E-state index is 12.8. The van der Waals surface area contributed by atoms with Crippen molar-refractivity contribution in [3.63, 3.8) is 0 Å². The van der Waals surface area contributed by atoms with Gasteiger partial charge in [-0.1, -0.05) is 61.2 Å². The molecule has 1 saturated carbocycles. The molecule has 3 amide bonds. The number of hydrazone groups is 1. The molecule has 196 valence electrons. The maximum absolute atomic E-state index is 12.8. The lowest BCUT2D eigenvalue weighted by molar-refractivity contribution is -0.136. The van der Waals surface area contributed by atoms with E-state index < -0.39 is 11.8 Å². The van der Waals surface area contributed by atoms with Gasteiger partial charge in [0.2, 0.25) is 0 Å². The second kappa shape index (κ2) is 13.2. The summed E-state index contributed by atoms with van der Waals surface area (Å²) in [7, 11) is 0. The topological polar surface area (TPSA) is 109 Å². The molecule has 0 spiro atoms. The molecule has 0 radical (unpaired) electrons. The molecule has 0 aliphatic heterocycles. The molecule has 8 heteroatoms. The molecule has 1 aliphatic rings. The summed E-state index contributed by atoms with van der Waals surface area (Å²) >= 11 is 0. The molecule has 1 fully saturated rings. The van der Waals surface area contributed by atoms with Gasteiger partial charge in [0.25, 0.3) is 5.91 Å². The van der Waals surface area contributed by atoms with Gasteiger partial charge in [0.15, 0.2) is 0 Å². The van der Waals surface area contributed by atoms with Gasteiger partial charge >= 0.3 is 11.8 Å². The number of carbonyl (C=O) groups excluding carboxylic acids is 3. The van der Waals surface area contributed by atoms with Crippen LogP contribution in [0.2, 0.25) is 0 Å². The predicted octanol–water partition coefficient (Wildman–Crippen LogP) is 4.73. The summed E-state index contributed by atoms with van der Waals surface area (Å²) in [4.78, 5) is 37.5. The zero-order chi connectivity index (χ0) is 26.7. The van der Waals surface area contributed by atoms with Gasteiger partial charge in [-0.15, -0.1) is 0 Å². The van der Waals surface area contributed by atoms with Crippen molar-refractivity contribution in [2.45, 2.75) is 51.7 Å². The van der Waals surface area contributed by atoms with Crippen LogP contribution in [0.15, 0.2) is 77.9 Å². The molecule has 0 atom stereocenters. The molecule has 0 heterocycles. The van der Waals surface area contributed by atoms with Crippen LogP contribution in [0.25, 0.3) is 0 Å². The van der Waals surface area contributed by atoms with E-state index in [1.807, 2.05) is 31.2 Å². The Morgan fingerprint density at radius 1 is 0.895 bits per heavy atom. The average Bonchev–Trinajstić information content (AvgIpc) is 2.94. The Bertz CT molecular complexity index is 1280. The van der Waals surface area contributed by atoms with E-state index in [-0.39, 0.29) is 17.6 Å². The van der Waals surface area contributed by atoms with E-state index in [0.29, 0.717) is 17.9 Å². The molecule has 1 aliphatic carbocycles. The minimum atomic E-state index is -0.943. The summed E-state index contributed by atoms with van der Waals surface area (Å²) in [6.07, 6.45) is 6.70. The fourth-order valence-corrected chi connectivity index (χ4v) is 4.20. The third kappa shape index (κ3) is 7.77. The number of carbonyl (C=O) groups is 3. The van der Waals surface area contributed by atoms with E-state index >= 15 is 0 Å². The van der Waals surface area contributed by atoms with E-state index in [0.717, 1.165) is 36.8 Å². The summed E-state index contributed by atoms with van der Waals surface area (Å²) in [5, 5.41) is 9.41. The van der Waals surface area contributed by atoms with Crippen LogP contribution in [-0.4, -0.2) is 30.0 Å². The average molecular weight is 513 g/mol. The maximum Gasteiger partial charge on any atom is 0.329 e. The lowest BCUT2D eigenvalue weighted by atomic mass is 9.95. The van der Waals surface area contributed by atoms with E-state index in [2.05, 4.69) is 21.2 Å². The Kier molecular flexibility index (Phi) is 9.23. The van der Waals surface area contributed by atoms with Crippen molar-refractivity contribution in [2.75, 3.05) is 5.32 Å². The van der Waals surface area contributed by atoms with Crippen molar-refractivity contribution in [3.8, 4) is 5.75 Å². The monoisotopic (exact) mass is 512 g/mol. The van der Waals surface area contributed by atoms with Gasteiger partial charge in [-0.2, -0.15) is 5.10 Å². The SMILES string of the molecule is Cc1ccc(COc2ccc(/C=N\NC(=O)C(=O)Nc3ccccc3C(=O)NC3CCCCC3)cc2)cc1. The number of nitrogens with one attached hydrogen (secondary N) is 3. The molecule has 0 bridgehead atoms. The Balaban J connectivity index is 1.26. The number of hydrogen-bond donors (Lipinski definition) is 3. The van der Waals surface area contributed by atoms with Gasteiger partial charge in [-0.05, 0) is 67.3 Å². The van der Waals surface area contributed by atoms with E-state index in [9.17, 15) is 14.4 Å². The van der Waals surface area contributed by atoms with Crippen LogP contribution in [-0.2, 0) is 16.2 Å². The number of nitrogens with zero attached hydrogens (tertiary/aromatic N) is 1. The minimum Gasteiger partial charge on any atom is -0.489 e. The van der Waals surface area contributed by atoms with E-state index in [1.165, 1.54) is 18.2 Å². The number of hydrogen-bond acceptors (Lipinski definition) is 5. The fraction of sp³-hybridized carbons (Fsp3) is 0.267. The smallest absolute Gasteiger partial charge is 0.329 e. The molecule has 8 nitrogen and oxygen atoms in total. The Morgan fingerprint density at radius 2 is 1.61 bits per heavy atom. The van der Waals surface area contributed by atoms with Crippen LogP contribution in [0, 0.1) is 6.92 Å². The van der Waals surface area contributed by atoms with Crippen molar-refractivity contribution < 1.29 is 19.1 Å². The number of benzene rings is 3. The molecule has 3 aromatic carbocycles. The van der Waals surface area contributed by atoms with Crippen LogP contribution < -0.4 is 20.8 Å². The van der Waals surface area contributed by atoms with Crippen LogP contribution in [0.1, 0.15) is 59.2 Å². The largest absolute Gasteiger partial charge is 0.489 e. The molecule has 0 aromatic heterocycles. The Hall–Kier alpha value is -4.46. The summed E-state index contributed by atoms with van der Waals surface area (Å²) < 4.78 is 5.79. The lowest BCUT2D eigenvalue weighted by Gasteiger charge is -2.23. The lowest BCUT2D eigenvalue weighted by Crippen LogP contribution is -2.37. The number of aryl methyl sites for hydroxylation is 1. The van der Waals surface area contributed by atoms with Crippen molar-refractivity contribution in [1.82, 2.24) is 10.7 Å². The van der Waals surface area contributed by atoms with Crippen molar-refractivity contribution >= 4 is 29.6 Å². The highest BCUT2D eigenvalue weighted by molar-refractivity contribution is 6.40. The number of para-hydroxylation sites is 1. The molecular weight excluding hydrogens is 480 g/mol. The molecule has 0 unspecified atom stereocenters. The quantitative estimate of drug-likeness (QED) is 0.230. The van der Waals surface area contributed by atoms with Gasteiger partial charge in [-0.3, -0.25) is 14.4 Å². The van der Waals surface area contributed by atoms with Gasteiger partial charge in [-0.25, -0.2) is 5.43 Å². The highest BCUT2D eigenvalue weighted by Gasteiger charge is 2.20. The highest BCUT2D eigenvalue weighted by Crippen LogP contribution is 2.20. The number of anilines is 1. The van der Waals surface area contributed by atoms with Gasteiger partial charge < -0.3 is 15.4 Å². The van der Waals surface area contributed by atoms with Crippen LogP contribution in [0.4, 0.5) is 5.69 Å². The third-order valence-corrected chi connectivity index (χ3v) is 6.35. The molecular formula is C30H32N4O4. The second-order valence-electron chi connectivity index (χ2n) is 9.35. The first kappa shape index (κ1) is 26.6. The summed E-state index contributed by atoms with van der Waals surface area (Å²) in [6.45, 7) is 2.50. The summed E-state index contributed by atoms with van der Waals surface area (Å²) in [6, 6.07) is 22.1. The first-order chi connectivity index (χ1) is 18.5. The Labute approximate surface area is 222 Å². The highest BCUT2D eigenvalue weighted by atomic mass is 16.5. The van der Waals surface area contributed by atoms with Crippen LogP contribution in [0.5, 0.6) is 5.75 Å². The fourth-order valence-electron chi connectivity index (χ4n) is 4.20. The van der Waals surface area contributed by atoms with Crippen molar-refractivity contribution in [1.29, 1.82) is 0 Å². The minimum absolute atomic E-state index is 0.131. The normalized spacial score (nSPS) is 13.6. The predicted molar refractivity (Wildman–Crippen MR) is 147 cm³/mol. The van der Waals surface area contributed by atoms with E-state index in [1.54, 1.807) is 48.5 Å². The standard InChI is InChI=1S/C30H32N4O4/c1-21-11-13-23(14-12-21)20-38-25-17-15-22(16-18-25)19-31-34-30(37)29(36)33-27-10-6-5-9-26(27)28(35)32-24-7-3-2-4-8-24/h5-6,9-19,24H,2-4,7-8,20H2,1H3,(H,32,35)(H,33,36)(H,34,37)/b31-19-. The molecule has 3 aromatic rings. The number of rotatable bonds is 8. The van der Waals surface area contributed by atoms with Gasteiger partial charge in [0.1, 0.15) is 12.4 Å². The van der Waals surface area contributed by atoms with Gasteiger partial charge in [0, 0.05) is 6.04 Å². The molecule has 0 saturated heterocycles.